The van der Waals surface area contributed by atoms with E-state index in [2.05, 4.69) is 39.3 Å². The third-order valence-electron chi connectivity index (χ3n) is 5.80. The van der Waals surface area contributed by atoms with E-state index < -0.39 is 0 Å². The van der Waals surface area contributed by atoms with Crippen molar-refractivity contribution in [2.24, 2.45) is 10.9 Å². The zero-order valence-electron chi connectivity index (χ0n) is 14.6. The van der Waals surface area contributed by atoms with Gasteiger partial charge in [0.2, 0.25) is 0 Å². The van der Waals surface area contributed by atoms with Crippen LogP contribution in [0.1, 0.15) is 44.9 Å². The smallest absolute Gasteiger partial charge is 0.191 e. The minimum Gasteiger partial charge on any atom is -0.356 e. The number of nitrogens with one attached hydrogen (secondary N) is 2. The second-order valence-corrected chi connectivity index (χ2v) is 8.45. The van der Waals surface area contributed by atoms with E-state index in [9.17, 15) is 0 Å². The Morgan fingerprint density at radius 3 is 2.39 bits per heavy atom. The molecule has 0 aromatic carbocycles. The van der Waals surface area contributed by atoms with Crippen LogP contribution in [0.2, 0.25) is 0 Å². The normalized spacial score (nSPS) is 33.0. The predicted molar refractivity (Wildman–Crippen MR) is 112 cm³/mol. The molecule has 3 aliphatic heterocycles. The summed E-state index contributed by atoms with van der Waals surface area (Å²) < 4.78 is 0. The first-order valence-electron chi connectivity index (χ1n) is 9.03. The summed E-state index contributed by atoms with van der Waals surface area (Å²) in [5.41, 5.74) is 0. The summed E-state index contributed by atoms with van der Waals surface area (Å²) in [5.74, 6) is 4.51. The first-order chi connectivity index (χ1) is 10.8. The van der Waals surface area contributed by atoms with E-state index in [-0.39, 0.29) is 24.0 Å². The highest BCUT2D eigenvalue weighted by Crippen LogP contribution is 2.32. The highest BCUT2D eigenvalue weighted by atomic mass is 127. The fourth-order valence-corrected chi connectivity index (χ4v) is 5.52. The van der Waals surface area contributed by atoms with E-state index in [4.69, 9.17) is 0 Å². The third kappa shape index (κ3) is 5.39. The van der Waals surface area contributed by atoms with E-state index in [0.717, 1.165) is 30.5 Å². The minimum absolute atomic E-state index is 0. The Morgan fingerprint density at radius 2 is 1.78 bits per heavy atom. The van der Waals surface area contributed by atoms with Crippen LogP contribution in [0.15, 0.2) is 4.99 Å². The molecule has 0 saturated carbocycles. The molecule has 2 N–H and O–H groups in total. The van der Waals surface area contributed by atoms with Crippen LogP contribution >= 0.6 is 35.7 Å². The molecular weight excluding hydrogens is 419 g/mol. The van der Waals surface area contributed by atoms with Gasteiger partial charge in [-0.1, -0.05) is 6.42 Å². The Labute approximate surface area is 163 Å². The number of thioether (sulfide) groups is 1. The standard InChI is InChI=1S/C17H32N4S.HI/c1-18-17(19-12-13-6-8-22-9-7-13)20-14-10-15-4-3-5-16(11-14)21(15)2;/h13-16H,3-12H2,1-2H3,(H2,18,19,20);1H. The molecule has 3 rings (SSSR count). The van der Waals surface area contributed by atoms with Crippen molar-refractivity contribution in [3.8, 4) is 0 Å². The van der Waals surface area contributed by atoms with Crippen LogP contribution in [0.5, 0.6) is 0 Å². The van der Waals surface area contributed by atoms with Crippen molar-refractivity contribution in [2.45, 2.75) is 63.1 Å². The number of halogens is 1. The molecule has 0 aromatic heterocycles. The second-order valence-electron chi connectivity index (χ2n) is 7.23. The Balaban J connectivity index is 0.00000192. The first-order valence-corrected chi connectivity index (χ1v) is 10.2. The fourth-order valence-electron chi connectivity index (χ4n) is 4.31. The van der Waals surface area contributed by atoms with Gasteiger partial charge in [0.25, 0.3) is 0 Å². The number of fused-ring (bicyclic) bond motifs is 2. The number of aliphatic imine (C=N–C) groups is 1. The molecule has 0 aliphatic carbocycles. The van der Waals surface area contributed by atoms with Gasteiger partial charge in [0.15, 0.2) is 5.96 Å². The molecule has 134 valence electrons. The van der Waals surface area contributed by atoms with E-state index in [0.29, 0.717) is 6.04 Å². The van der Waals surface area contributed by atoms with E-state index >= 15 is 0 Å². The van der Waals surface area contributed by atoms with Gasteiger partial charge in [-0.15, -0.1) is 24.0 Å². The summed E-state index contributed by atoms with van der Waals surface area (Å²) >= 11 is 2.10. The van der Waals surface area contributed by atoms with Gasteiger partial charge in [-0.05, 0) is 63.0 Å². The average molecular weight is 452 g/mol. The minimum atomic E-state index is 0. The lowest BCUT2D eigenvalue weighted by Crippen LogP contribution is -2.56. The molecule has 0 spiro atoms. The summed E-state index contributed by atoms with van der Waals surface area (Å²) in [6, 6.07) is 2.15. The maximum absolute atomic E-state index is 4.46. The summed E-state index contributed by atoms with van der Waals surface area (Å²) in [4.78, 5) is 7.08. The van der Waals surface area contributed by atoms with Crippen LogP contribution in [0.25, 0.3) is 0 Å². The zero-order chi connectivity index (χ0) is 15.4. The van der Waals surface area contributed by atoms with E-state index in [1.54, 1.807) is 0 Å². The summed E-state index contributed by atoms with van der Waals surface area (Å²) in [5, 5.41) is 7.28. The number of hydrogen-bond acceptors (Lipinski definition) is 3. The third-order valence-corrected chi connectivity index (χ3v) is 6.85. The average Bonchev–Trinajstić information content (AvgIpc) is 2.53. The maximum Gasteiger partial charge on any atom is 0.191 e. The van der Waals surface area contributed by atoms with Gasteiger partial charge < -0.3 is 15.5 Å². The van der Waals surface area contributed by atoms with Gasteiger partial charge in [0.1, 0.15) is 0 Å². The number of hydrogen-bond donors (Lipinski definition) is 2. The topological polar surface area (TPSA) is 39.7 Å². The number of guanidine groups is 1. The molecular formula is C17H33IN4S. The van der Waals surface area contributed by atoms with Gasteiger partial charge in [-0.3, -0.25) is 4.99 Å². The summed E-state index contributed by atoms with van der Waals surface area (Å²) in [6.07, 6.45) is 9.41. The lowest BCUT2D eigenvalue weighted by atomic mass is 9.82. The van der Waals surface area contributed by atoms with Crippen molar-refractivity contribution >= 4 is 41.7 Å². The van der Waals surface area contributed by atoms with Crippen molar-refractivity contribution < 1.29 is 0 Å². The Bertz CT molecular complexity index is 373. The molecule has 0 amide bonds. The monoisotopic (exact) mass is 452 g/mol. The van der Waals surface area contributed by atoms with Gasteiger partial charge in [0.05, 0.1) is 0 Å². The largest absolute Gasteiger partial charge is 0.356 e. The van der Waals surface area contributed by atoms with Crippen molar-refractivity contribution in [3.63, 3.8) is 0 Å². The molecule has 3 saturated heterocycles. The zero-order valence-corrected chi connectivity index (χ0v) is 17.7. The van der Waals surface area contributed by atoms with Gasteiger partial charge in [-0.2, -0.15) is 11.8 Å². The molecule has 3 fully saturated rings. The molecule has 2 unspecified atom stereocenters. The molecule has 6 heteroatoms. The summed E-state index contributed by atoms with van der Waals surface area (Å²) in [6.45, 7) is 1.08. The van der Waals surface area contributed by atoms with Crippen LogP contribution in [0.4, 0.5) is 0 Å². The second kappa shape index (κ2) is 9.70. The van der Waals surface area contributed by atoms with Crippen LogP contribution in [-0.4, -0.2) is 61.1 Å². The molecule has 0 radical (unpaired) electrons. The highest BCUT2D eigenvalue weighted by molar-refractivity contribution is 14.0. The van der Waals surface area contributed by atoms with Crippen LogP contribution in [-0.2, 0) is 0 Å². The molecule has 3 aliphatic rings. The maximum atomic E-state index is 4.46. The van der Waals surface area contributed by atoms with Gasteiger partial charge in [-0.25, -0.2) is 0 Å². The van der Waals surface area contributed by atoms with Gasteiger partial charge in [0, 0.05) is 31.7 Å². The SMILES string of the molecule is CN=C(NCC1CCSCC1)NC1CC2CCCC(C1)N2C.I. The van der Waals surface area contributed by atoms with Crippen molar-refractivity contribution in [3.05, 3.63) is 0 Å². The van der Waals surface area contributed by atoms with Crippen LogP contribution in [0.3, 0.4) is 0 Å². The number of rotatable bonds is 3. The molecule has 23 heavy (non-hydrogen) atoms. The lowest BCUT2D eigenvalue weighted by Gasteiger charge is -2.47. The fraction of sp³-hybridized carbons (Fsp3) is 0.941. The molecule has 0 aromatic rings. The molecule has 3 heterocycles. The highest BCUT2D eigenvalue weighted by Gasteiger charge is 2.36. The lowest BCUT2D eigenvalue weighted by molar-refractivity contribution is 0.0526. The Hall–Kier alpha value is 0.310. The van der Waals surface area contributed by atoms with E-state index in [1.165, 1.54) is 56.5 Å². The van der Waals surface area contributed by atoms with Gasteiger partial charge >= 0.3 is 0 Å². The quantitative estimate of drug-likeness (QED) is 0.393. The van der Waals surface area contributed by atoms with E-state index in [1.807, 2.05) is 7.05 Å². The predicted octanol–water partition coefficient (Wildman–Crippen LogP) is 2.93. The van der Waals surface area contributed by atoms with Crippen molar-refractivity contribution in [1.82, 2.24) is 15.5 Å². The van der Waals surface area contributed by atoms with Crippen molar-refractivity contribution in [1.29, 1.82) is 0 Å². The van der Waals surface area contributed by atoms with Crippen LogP contribution < -0.4 is 10.6 Å². The Morgan fingerprint density at radius 1 is 1.13 bits per heavy atom. The van der Waals surface area contributed by atoms with Crippen molar-refractivity contribution in [2.75, 3.05) is 32.1 Å². The summed E-state index contributed by atoms with van der Waals surface area (Å²) in [7, 11) is 4.22. The molecule has 2 atom stereocenters. The molecule has 2 bridgehead atoms. The number of nitrogens with zero attached hydrogens (tertiary/aromatic N) is 2. The molecule has 4 nitrogen and oxygen atoms in total. The van der Waals surface area contributed by atoms with Crippen LogP contribution in [0, 0.1) is 5.92 Å². The first kappa shape index (κ1) is 19.6. The Kier molecular flexibility index (Phi) is 8.28. The number of piperidine rings is 2.